The maximum absolute atomic E-state index is 12.3. The Balaban J connectivity index is 1.45. The van der Waals surface area contributed by atoms with Crippen LogP contribution in [0.2, 0.25) is 0 Å². The van der Waals surface area contributed by atoms with Crippen molar-refractivity contribution >= 4 is 17.5 Å². The van der Waals surface area contributed by atoms with Crippen molar-refractivity contribution in [3.63, 3.8) is 0 Å². The summed E-state index contributed by atoms with van der Waals surface area (Å²) in [6.45, 7) is 2.93. The van der Waals surface area contributed by atoms with Crippen LogP contribution < -0.4 is 15.4 Å². The van der Waals surface area contributed by atoms with Crippen LogP contribution in [0.5, 0.6) is 5.75 Å². The van der Waals surface area contributed by atoms with Crippen molar-refractivity contribution in [2.75, 3.05) is 18.5 Å². The molecule has 0 atom stereocenters. The van der Waals surface area contributed by atoms with Crippen molar-refractivity contribution in [3.8, 4) is 5.75 Å². The lowest BCUT2D eigenvalue weighted by Gasteiger charge is -2.11. The van der Waals surface area contributed by atoms with Crippen LogP contribution in [0, 0.1) is 12.8 Å². The van der Waals surface area contributed by atoms with Crippen LogP contribution in [0.25, 0.3) is 0 Å². The highest BCUT2D eigenvalue weighted by Gasteiger charge is 2.29. The number of benzene rings is 1. The van der Waals surface area contributed by atoms with Crippen molar-refractivity contribution in [2.24, 2.45) is 5.92 Å². The van der Waals surface area contributed by atoms with Gasteiger partial charge in [0.25, 0.3) is 5.91 Å². The normalized spacial score (nSPS) is 13.1. The molecule has 3 rings (SSSR count). The van der Waals surface area contributed by atoms with Gasteiger partial charge in [0.2, 0.25) is 5.91 Å². The molecule has 0 bridgehead atoms. The predicted molar refractivity (Wildman–Crippen MR) is 99.2 cm³/mol. The molecule has 2 amide bonds. The van der Waals surface area contributed by atoms with Gasteiger partial charge in [0.15, 0.2) is 0 Å². The summed E-state index contributed by atoms with van der Waals surface area (Å²) in [5, 5.41) is 5.79. The second-order valence-corrected chi connectivity index (χ2v) is 6.44. The van der Waals surface area contributed by atoms with Gasteiger partial charge in [-0.1, -0.05) is 6.07 Å². The third-order valence-electron chi connectivity index (χ3n) is 4.22. The first-order valence-electron chi connectivity index (χ1n) is 8.86. The maximum Gasteiger partial charge on any atom is 0.251 e. The summed E-state index contributed by atoms with van der Waals surface area (Å²) < 4.78 is 5.54. The van der Waals surface area contributed by atoms with E-state index in [1.165, 1.54) is 0 Å². The number of hydrogen-bond donors (Lipinski definition) is 2. The minimum atomic E-state index is -0.159. The van der Waals surface area contributed by atoms with E-state index in [4.69, 9.17) is 4.74 Å². The van der Waals surface area contributed by atoms with E-state index < -0.39 is 0 Å². The summed E-state index contributed by atoms with van der Waals surface area (Å²) in [6, 6.07) is 9.01. The average Bonchev–Trinajstić information content (AvgIpc) is 3.49. The molecule has 0 aliphatic heterocycles. The molecule has 1 aromatic carbocycles. The zero-order chi connectivity index (χ0) is 18.4. The number of ether oxygens (including phenoxy) is 1. The Morgan fingerprint density at radius 2 is 2.12 bits per heavy atom. The third-order valence-corrected chi connectivity index (χ3v) is 4.22. The molecular weight excluding hydrogens is 330 g/mol. The van der Waals surface area contributed by atoms with E-state index in [0.717, 1.165) is 18.4 Å². The number of rotatable bonds is 8. The lowest BCUT2D eigenvalue weighted by atomic mass is 10.1. The van der Waals surface area contributed by atoms with E-state index in [1.54, 1.807) is 24.5 Å². The van der Waals surface area contributed by atoms with Gasteiger partial charge in [-0.15, -0.1) is 0 Å². The molecule has 2 aromatic rings. The summed E-state index contributed by atoms with van der Waals surface area (Å²) in [5.74, 6) is 0.728. The molecule has 6 heteroatoms. The SMILES string of the molecule is Cc1ccc(C(=O)NCCCOc2cccnc2)cc1NC(=O)C1CC1. The number of aromatic nitrogens is 1. The minimum Gasteiger partial charge on any atom is -0.492 e. The van der Waals surface area contributed by atoms with Crippen LogP contribution in [-0.2, 0) is 4.79 Å². The zero-order valence-electron chi connectivity index (χ0n) is 14.8. The summed E-state index contributed by atoms with van der Waals surface area (Å²) in [4.78, 5) is 28.2. The van der Waals surface area contributed by atoms with Crippen LogP contribution in [0.15, 0.2) is 42.7 Å². The van der Waals surface area contributed by atoms with Gasteiger partial charge in [-0.05, 0) is 56.0 Å². The monoisotopic (exact) mass is 353 g/mol. The molecule has 1 aliphatic carbocycles. The Morgan fingerprint density at radius 1 is 1.27 bits per heavy atom. The molecule has 6 nitrogen and oxygen atoms in total. The number of aryl methyl sites for hydroxylation is 1. The second kappa shape index (κ2) is 8.47. The number of amides is 2. The molecule has 1 aliphatic rings. The molecule has 2 N–H and O–H groups in total. The molecule has 0 radical (unpaired) electrons. The molecular formula is C20H23N3O3. The number of nitrogens with zero attached hydrogens (tertiary/aromatic N) is 1. The van der Waals surface area contributed by atoms with E-state index >= 15 is 0 Å². The molecule has 0 spiro atoms. The first-order valence-corrected chi connectivity index (χ1v) is 8.86. The summed E-state index contributed by atoms with van der Waals surface area (Å²) in [5.41, 5.74) is 2.18. The van der Waals surface area contributed by atoms with E-state index in [0.29, 0.717) is 36.6 Å². The fraction of sp³-hybridized carbons (Fsp3) is 0.350. The average molecular weight is 353 g/mol. The Hall–Kier alpha value is -2.89. The number of pyridine rings is 1. The quantitative estimate of drug-likeness (QED) is 0.715. The summed E-state index contributed by atoms with van der Waals surface area (Å²) >= 11 is 0. The van der Waals surface area contributed by atoms with Crippen molar-refractivity contribution in [1.82, 2.24) is 10.3 Å². The van der Waals surface area contributed by atoms with E-state index in [9.17, 15) is 9.59 Å². The summed E-state index contributed by atoms with van der Waals surface area (Å²) in [6.07, 6.45) is 5.94. The van der Waals surface area contributed by atoms with Crippen molar-refractivity contribution < 1.29 is 14.3 Å². The van der Waals surface area contributed by atoms with Crippen LogP contribution in [0.4, 0.5) is 5.69 Å². The van der Waals surface area contributed by atoms with Gasteiger partial charge in [-0.2, -0.15) is 0 Å². The third kappa shape index (κ3) is 5.05. The molecule has 26 heavy (non-hydrogen) atoms. The molecule has 0 unspecified atom stereocenters. The number of carbonyl (C=O) groups excluding carboxylic acids is 2. The van der Waals surface area contributed by atoms with Crippen LogP contribution in [0.3, 0.4) is 0 Å². The van der Waals surface area contributed by atoms with Gasteiger partial charge < -0.3 is 15.4 Å². The van der Waals surface area contributed by atoms with Gasteiger partial charge in [0, 0.05) is 29.9 Å². The Morgan fingerprint density at radius 3 is 2.85 bits per heavy atom. The first-order chi connectivity index (χ1) is 12.6. The topological polar surface area (TPSA) is 80.3 Å². The number of anilines is 1. The smallest absolute Gasteiger partial charge is 0.251 e. The van der Waals surface area contributed by atoms with Crippen LogP contribution in [0.1, 0.15) is 35.2 Å². The number of hydrogen-bond acceptors (Lipinski definition) is 4. The van der Waals surface area contributed by atoms with E-state index in [2.05, 4.69) is 15.6 Å². The lowest BCUT2D eigenvalue weighted by Crippen LogP contribution is -2.26. The molecule has 136 valence electrons. The van der Waals surface area contributed by atoms with Gasteiger partial charge in [-0.25, -0.2) is 0 Å². The Bertz CT molecular complexity index is 773. The van der Waals surface area contributed by atoms with Crippen LogP contribution in [-0.4, -0.2) is 29.9 Å². The largest absolute Gasteiger partial charge is 0.492 e. The highest BCUT2D eigenvalue weighted by molar-refractivity contribution is 5.98. The standard InChI is InChI=1S/C20H23N3O3/c1-14-5-6-16(12-18(14)23-20(25)15-7-8-15)19(24)22-10-3-11-26-17-4-2-9-21-13-17/h2,4-6,9,12-13,15H,3,7-8,10-11H2,1H3,(H,22,24)(H,23,25). The highest BCUT2D eigenvalue weighted by Crippen LogP contribution is 2.30. The van der Waals surface area contributed by atoms with Gasteiger partial charge in [0.1, 0.15) is 5.75 Å². The van der Waals surface area contributed by atoms with Crippen molar-refractivity contribution in [2.45, 2.75) is 26.2 Å². The Kier molecular flexibility index (Phi) is 5.84. The van der Waals surface area contributed by atoms with Crippen LogP contribution >= 0.6 is 0 Å². The van der Waals surface area contributed by atoms with Gasteiger partial charge in [0.05, 0.1) is 12.8 Å². The Labute approximate surface area is 153 Å². The highest BCUT2D eigenvalue weighted by atomic mass is 16.5. The predicted octanol–water partition coefficient (Wildman–Crippen LogP) is 2.94. The minimum absolute atomic E-state index is 0.0400. The lowest BCUT2D eigenvalue weighted by molar-refractivity contribution is -0.117. The molecule has 1 heterocycles. The fourth-order valence-corrected chi connectivity index (χ4v) is 2.48. The number of carbonyl (C=O) groups is 2. The van der Waals surface area contributed by atoms with E-state index in [-0.39, 0.29) is 17.7 Å². The van der Waals surface area contributed by atoms with Crippen molar-refractivity contribution in [1.29, 1.82) is 0 Å². The van der Waals surface area contributed by atoms with Gasteiger partial charge in [-0.3, -0.25) is 14.6 Å². The molecule has 0 saturated heterocycles. The first kappa shape index (κ1) is 17.9. The molecule has 1 fully saturated rings. The van der Waals surface area contributed by atoms with E-state index in [1.807, 2.05) is 25.1 Å². The van der Waals surface area contributed by atoms with Gasteiger partial charge >= 0.3 is 0 Å². The second-order valence-electron chi connectivity index (χ2n) is 6.44. The fourth-order valence-electron chi connectivity index (χ4n) is 2.48. The molecule has 1 aromatic heterocycles. The number of nitrogens with one attached hydrogen (secondary N) is 2. The van der Waals surface area contributed by atoms with Crippen molar-refractivity contribution in [3.05, 3.63) is 53.9 Å². The molecule has 1 saturated carbocycles. The zero-order valence-corrected chi connectivity index (χ0v) is 14.8. The summed E-state index contributed by atoms with van der Waals surface area (Å²) in [7, 11) is 0. The maximum atomic E-state index is 12.3.